The Hall–Kier alpha value is -2.34. The molecule has 198 valence electrons. The van der Waals surface area contributed by atoms with Gasteiger partial charge in [0.05, 0.1) is 0 Å². The minimum absolute atomic E-state index is 0.160. The minimum Gasteiger partial charge on any atom is -0.0651 e. The van der Waals surface area contributed by atoms with Gasteiger partial charge in [-0.15, -0.1) is 0 Å². The number of hydrogen-bond donors (Lipinski definition) is 0. The van der Waals surface area contributed by atoms with E-state index >= 15 is 0 Å². The first kappa shape index (κ1) is 27.7. The predicted molar refractivity (Wildman–Crippen MR) is 162 cm³/mol. The second-order valence-corrected chi connectivity index (χ2v) is 12.9. The third-order valence-corrected chi connectivity index (χ3v) is 9.32. The molecule has 3 aromatic carbocycles. The number of rotatable bonds is 8. The van der Waals surface area contributed by atoms with Crippen LogP contribution in [0.1, 0.15) is 124 Å². The first-order chi connectivity index (χ1) is 17.7. The molecule has 1 fully saturated rings. The highest BCUT2D eigenvalue weighted by Crippen LogP contribution is 2.40. The second kappa shape index (κ2) is 12.0. The van der Waals surface area contributed by atoms with Crippen LogP contribution < -0.4 is 0 Å². The number of hydrogen-bond acceptors (Lipinski definition) is 0. The summed E-state index contributed by atoms with van der Waals surface area (Å²) in [6.07, 6.45) is 10.0. The van der Waals surface area contributed by atoms with Crippen LogP contribution >= 0.6 is 0 Å². The molecule has 0 nitrogen and oxygen atoms in total. The zero-order valence-electron chi connectivity index (χ0n) is 24.7. The highest BCUT2D eigenvalue weighted by Gasteiger charge is 2.25. The Bertz CT molecular complexity index is 1170. The minimum atomic E-state index is 0.160. The standard InChI is InChI=1S/C37H50/c1-8-26(3)30-16-18-31(19-17-30)33-21-20-32(29(9-2)24-33)22-28-15-14-27(4)35(23-28)25-34-12-10-11-13-36(34)37(5,6)7/h10-15,20-21,23-24,26,30-31H,8-9,16-19,22,25H2,1-7H3. The molecule has 0 amide bonds. The van der Waals surface area contributed by atoms with Crippen LogP contribution in [0.25, 0.3) is 0 Å². The maximum absolute atomic E-state index is 2.55. The molecule has 0 radical (unpaired) electrons. The smallest absolute Gasteiger partial charge is 0.00201 e. The van der Waals surface area contributed by atoms with Gasteiger partial charge in [0.1, 0.15) is 0 Å². The lowest BCUT2D eigenvalue weighted by molar-refractivity contribution is 0.241. The molecule has 0 aromatic heterocycles. The van der Waals surface area contributed by atoms with Crippen molar-refractivity contribution in [1.29, 1.82) is 0 Å². The van der Waals surface area contributed by atoms with Crippen LogP contribution in [0.2, 0.25) is 0 Å². The Morgan fingerprint density at radius 3 is 2.16 bits per heavy atom. The van der Waals surface area contributed by atoms with Crippen LogP contribution in [0, 0.1) is 18.8 Å². The highest BCUT2D eigenvalue weighted by molar-refractivity contribution is 5.43. The van der Waals surface area contributed by atoms with E-state index in [1.165, 1.54) is 65.5 Å². The lowest BCUT2D eigenvalue weighted by atomic mass is 9.73. The van der Waals surface area contributed by atoms with E-state index in [0.717, 1.165) is 37.0 Å². The van der Waals surface area contributed by atoms with E-state index in [0.29, 0.717) is 0 Å². The zero-order valence-corrected chi connectivity index (χ0v) is 24.7. The molecule has 0 N–H and O–H groups in total. The summed E-state index contributed by atoms with van der Waals surface area (Å²) in [6.45, 7) is 16.4. The molecule has 1 saturated carbocycles. The van der Waals surface area contributed by atoms with Gasteiger partial charge in [0.25, 0.3) is 0 Å². The van der Waals surface area contributed by atoms with Crippen molar-refractivity contribution in [3.05, 3.63) is 105 Å². The van der Waals surface area contributed by atoms with Crippen molar-refractivity contribution in [2.45, 2.75) is 111 Å². The van der Waals surface area contributed by atoms with Crippen molar-refractivity contribution in [2.24, 2.45) is 11.8 Å². The molecule has 0 saturated heterocycles. The molecule has 3 aromatic rings. The van der Waals surface area contributed by atoms with Crippen molar-refractivity contribution >= 4 is 0 Å². The molecule has 0 aliphatic heterocycles. The predicted octanol–water partition coefficient (Wildman–Crippen LogP) is 10.4. The van der Waals surface area contributed by atoms with Crippen LogP contribution in [0.4, 0.5) is 0 Å². The lowest BCUT2D eigenvalue weighted by Gasteiger charge is -2.32. The van der Waals surface area contributed by atoms with Crippen molar-refractivity contribution in [3.63, 3.8) is 0 Å². The van der Waals surface area contributed by atoms with Crippen molar-refractivity contribution in [2.75, 3.05) is 0 Å². The summed E-state index contributed by atoms with van der Waals surface area (Å²) in [5.41, 5.74) is 12.0. The van der Waals surface area contributed by atoms with Crippen molar-refractivity contribution in [3.8, 4) is 0 Å². The molecule has 37 heavy (non-hydrogen) atoms. The Morgan fingerprint density at radius 2 is 1.49 bits per heavy atom. The molecule has 4 rings (SSSR count). The summed E-state index contributed by atoms with van der Waals surface area (Å²) in [5.74, 6) is 2.58. The Morgan fingerprint density at radius 1 is 0.757 bits per heavy atom. The van der Waals surface area contributed by atoms with Crippen LogP contribution in [-0.4, -0.2) is 0 Å². The van der Waals surface area contributed by atoms with E-state index < -0.39 is 0 Å². The summed E-state index contributed by atoms with van der Waals surface area (Å²) in [4.78, 5) is 0. The van der Waals surface area contributed by atoms with Crippen molar-refractivity contribution in [1.82, 2.24) is 0 Å². The zero-order chi connectivity index (χ0) is 26.6. The molecular formula is C37H50. The molecule has 0 heterocycles. The first-order valence-corrected chi connectivity index (χ1v) is 15.0. The third kappa shape index (κ3) is 6.76. The van der Waals surface area contributed by atoms with Gasteiger partial charge in [-0.2, -0.15) is 0 Å². The summed E-state index contributed by atoms with van der Waals surface area (Å²) >= 11 is 0. The van der Waals surface area contributed by atoms with Crippen LogP contribution in [0.5, 0.6) is 0 Å². The fourth-order valence-corrected chi connectivity index (χ4v) is 6.61. The maximum Gasteiger partial charge on any atom is -0.00201 e. The number of benzene rings is 3. The summed E-state index contributed by atoms with van der Waals surface area (Å²) < 4.78 is 0. The molecule has 1 unspecified atom stereocenters. The molecule has 1 aliphatic rings. The van der Waals surface area contributed by atoms with Gasteiger partial charge >= 0.3 is 0 Å². The van der Waals surface area contributed by atoms with Gasteiger partial charge in [-0.1, -0.05) is 109 Å². The Balaban J connectivity index is 1.51. The maximum atomic E-state index is 2.55. The van der Waals surface area contributed by atoms with Crippen LogP contribution in [-0.2, 0) is 24.7 Å². The summed E-state index contributed by atoms with van der Waals surface area (Å²) in [6, 6.07) is 23.6. The average Bonchev–Trinajstić information content (AvgIpc) is 2.90. The van der Waals surface area contributed by atoms with Gasteiger partial charge in [-0.05, 0) is 120 Å². The molecule has 0 heteroatoms. The van der Waals surface area contributed by atoms with Crippen LogP contribution in [0.3, 0.4) is 0 Å². The molecule has 1 aliphatic carbocycles. The largest absolute Gasteiger partial charge is 0.0651 e. The Kier molecular flexibility index (Phi) is 8.99. The van der Waals surface area contributed by atoms with Gasteiger partial charge in [-0.3, -0.25) is 0 Å². The normalized spacial score (nSPS) is 19.1. The van der Waals surface area contributed by atoms with Crippen molar-refractivity contribution < 1.29 is 0 Å². The van der Waals surface area contributed by atoms with E-state index in [-0.39, 0.29) is 5.41 Å². The third-order valence-electron chi connectivity index (χ3n) is 9.32. The molecule has 0 spiro atoms. The lowest BCUT2D eigenvalue weighted by Crippen LogP contribution is -2.19. The van der Waals surface area contributed by atoms with Crippen LogP contribution in [0.15, 0.2) is 60.7 Å². The fraction of sp³-hybridized carbons (Fsp3) is 0.514. The van der Waals surface area contributed by atoms with Gasteiger partial charge in [0.15, 0.2) is 0 Å². The van der Waals surface area contributed by atoms with Gasteiger partial charge in [0.2, 0.25) is 0 Å². The fourth-order valence-electron chi connectivity index (χ4n) is 6.61. The Labute approximate surface area is 227 Å². The number of aryl methyl sites for hydroxylation is 2. The molecule has 0 bridgehead atoms. The average molecular weight is 495 g/mol. The van der Waals surface area contributed by atoms with E-state index in [1.807, 2.05) is 0 Å². The van der Waals surface area contributed by atoms with Gasteiger partial charge in [-0.25, -0.2) is 0 Å². The summed E-state index contributed by atoms with van der Waals surface area (Å²) in [7, 11) is 0. The monoisotopic (exact) mass is 494 g/mol. The van der Waals surface area contributed by atoms with E-state index in [4.69, 9.17) is 0 Å². The quantitative estimate of drug-likeness (QED) is 0.292. The summed E-state index contributed by atoms with van der Waals surface area (Å²) in [5, 5.41) is 0. The van der Waals surface area contributed by atoms with Gasteiger partial charge in [0, 0.05) is 0 Å². The van der Waals surface area contributed by atoms with E-state index in [1.54, 1.807) is 11.1 Å². The molecular weight excluding hydrogens is 444 g/mol. The highest BCUT2D eigenvalue weighted by atomic mass is 14.3. The van der Waals surface area contributed by atoms with Gasteiger partial charge < -0.3 is 0 Å². The SMILES string of the molecule is CCc1cc(C2CCC(C(C)CC)CC2)ccc1Cc1ccc(C)c(Cc2ccccc2C(C)(C)C)c1. The topological polar surface area (TPSA) is 0 Å². The first-order valence-electron chi connectivity index (χ1n) is 15.0. The molecule has 1 atom stereocenters. The van der Waals surface area contributed by atoms with E-state index in [9.17, 15) is 0 Å². The van der Waals surface area contributed by atoms with E-state index in [2.05, 4.69) is 109 Å². The second-order valence-electron chi connectivity index (χ2n) is 12.9.